The Labute approximate surface area is 177 Å². The summed E-state index contributed by atoms with van der Waals surface area (Å²) < 4.78 is 39.5. The van der Waals surface area contributed by atoms with Crippen molar-refractivity contribution in [1.82, 2.24) is 9.88 Å². The highest BCUT2D eigenvalue weighted by atomic mass is 19.1. The van der Waals surface area contributed by atoms with Crippen LogP contribution in [0.2, 0.25) is 0 Å². The molecule has 1 aromatic carbocycles. The van der Waals surface area contributed by atoms with Crippen LogP contribution in [0.4, 0.5) is 19.3 Å². The first kappa shape index (κ1) is 20.6. The average Bonchev–Trinajstić information content (AvgIpc) is 2.77. The van der Waals surface area contributed by atoms with E-state index >= 15 is 0 Å². The van der Waals surface area contributed by atoms with E-state index < -0.39 is 11.6 Å². The topological polar surface area (TPSA) is 87.5 Å². The van der Waals surface area contributed by atoms with Gasteiger partial charge in [-0.15, -0.1) is 0 Å². The van der Waals surface area contributed by atoms with E-state index in [-0.39, 0.29) is 23.3 Å². The van der Waals surface area contributed by atoms with Crippen molar-refractivity contribution in [2.45, 2.75) is 25.9 Å². The van der Waals surface area contributed by atoms with Gasteiger partial charge in [0, 0.05) is 24.8 Å². The quantitative estimate of drug-likeness (QED) is 0.781. The van der Waals surface area contributed by atoms with Gasteiger partial charge in [0.25, 0.3) is 5.88 Å². The number of carbonyl (C=O) groups is 1. The molecule has 0 spiro atoms. The minimum absolute atomic E-state index is 0.0642. The number of fused-ring (bicyclic) bond motifs is 1. The minimum Gasteiger partial charge on any atom is -0.480 e. The molecule has 2 aromatic rings. The fourth-order valence-electron chi connectivity index (χ4n) is 3.50. The van der Waals surface area contributed by atoms with Crippen LogP contribution >= 0.6 is 0 Å². The second-order valence-electron chi connectivity index (χ2n) is 7.42. The predicted octanol–water partition coefficient (Wildman–Crippen LogP) is 4.10. The van der Waals surface area contributed by atoms with Crippen molar-refractivity contribution >= 4 is 17.8 Å². The maximum atomic E-state index is 14.1. The molecule has 1 saturated heterocycles. The molecule has 2 aliphatic heterocycles. The molecular weight excluding hydrogens is 406 g/mol. The van der Waals surface area contributed by atoms with E-state index in [0.717, 1.165) is 17.7 Å². The van der Waals surface area contributed by atoms with E-state index in [1.807, 2.05) is 6.92 Å². The van der Waals surface area contributed by atoms with Crippen LogP contribution in [0.1, 0.15) is 30.9 Å². The van der Waals surface area contributed by atoms with Crippen molar-refractivity contribution in [2.24, 2.45) is 0 Å². The van der Waals surface area contributed by atoms with Crippen LogP contribution in [0.15, 0.2) is 30.0 Å². The van der Waals surface area contributed by atoms with Gasteiger partial charge in [0.05, 0.1) is 17.3 Å². The monoisotopic (exact) mass is 426 g/mol. The number of anilines is 1. The second kappa shape index (κ2) is 8.60. The number of hydrogen-bond acceptors (Lipinski definition) is 5. The molecule has 0 bridgehead atoms. The molecule has 1 unspecified atom stereocenters. The summed E-state index contributed by atoms with van der Waals surface area (Å²) in [5.74, 6) is -0.809. The molecule has 0 aliphatic carbocycles. The van der Waals surface area contributed by atoms with Gasteiger partial charge in [0.15, 0.2) is 0 Å². The molecule has 4 rings (SSSR count). The highest BCUT2D eigenvalue weighted by molar-refractivity contribution is 5.91. The number of rotatable bonds is 2. The molecule has 1 N–H and O–H groups in total. The summed E-state index contributed by atoms with van der Waals surface area (Å²) in [5, 5.41) is 11.6. The lowest BCUT2D eigenvalue weighted by Crippen LogP contribution is -2.39. The Kier molecular flexibility index (Phi) is 5.71. The molecule has 31 heavy (non-hydrogen) atoms. The molecule has 1 fully saturated rings. The number of amides is 2. The molecule has 7 nitrogen and oxygen atoms in total. The highest BCUT2D eigenvalue weighted by Gasteiger charge is 2.25. The Morgan fingerprint density at radius 2 is 2.03 bits per heavy atom. The number of pyridine rings is 1. The van der Waals surface area contributed by atoms with Crippen molar-refractivity contribution in [3.63, 3.8) is 0 Å². The van der Waals surface area contributed by atoms with Gasteiger partial charge in [-0.2, -0.15) is 5.26 Å². The fourth-order valence-corrected chi connectivity index (χ4v) is 3.50. The molecule has 1 aromatic heterocycles. The lowest BCUT2D eigenvalue weighted by molar-refractivity contribution is 0.0997. The van der Waals surface area contributed by atoms with E-state index in [4.69, 9.17) is 14.7 Å². The number of nitriles is 1. The minimum atomic E-state index is -0.775. The molecule has 1 atom stereocenters. The van der Waals surface area contributed by atoms with Crippen molar-refractivity contribution in [3.05, 3.63) is 52.7 Å². The number of nitrogens with one attached hydrogen (secondary N) is 1. The average molecular weight is 426 g/mol. The Morgan fingerprint density at radius 1 is 1.32 bits per heavy atom. The second-order valence-corrected chi connectivity index (χ2v) is 7.42. The molecule has 0 saturated carbocycles. The van der Waals surface area contributed by atoms with Crippen molar-refractivity contribution in [1.29, 1.82) is 5.26 Å². The number of carbonyl (C=O) groups excluding carboxylic acids is 1. The Morgan fingerprint density at radius 3 is 2.71 bits per heavy atom. The van der Waals surface area contributed by atoms with Gasteiger partial charge in [-0.05, 0) is 44.0 Å². The zero-order valence-electron chi connectivity index (χ0n) is 16.8. The fraction of sp³-hybridized carbons (Fsp3) is 0.318. The third-order valence-electron chi connectivity index (χ3n) is 5.14. The zero-order chi connectivity index (χ0) is 22.0. The predicted molar refractivity (Wildman–Crippen MR) is 109 cm³/mol. The maximum absolute atomic E-state index is 14.1. The zero-order valence-corrected chi connectivity index (χ0v) is 16.8. The van der Waals surface area contributed by atoms with Crippen molar-refractivity contribution < 1.29 is 23.0 Å². The number of hydrogen-bond donors (Lipinski definition) is 1. The first-order valence-corrected chi connectivity index (χ1v) is 9.87. The van der Waals surface area contributed by atoms with Gasteiger partial charge in [-0.25, -0.2) is 18.6 Å². The van der Waals surface area contributed by atoms with Gasteiger partial charge in [-0.1, -0.05) is 5.57 Å². The first-order valence-electron chi connectivity index (χ1n) is 9.87. The first-order chi connectivity index (χ1) is 14.9. The normalized spacial score (nSPS) is 17.7. The molecular formula is C22H20F2N4O3. The third-order valence-corrected chi connectivity index (χ3v) is 5.14. The van der Waals surface area contributed by atoms with Crippen molar-refractivity contribution in [3.8, 4) is 17.7 Å². The Hall–Kier alpha value is -3.67. The largest absolute Gasteiger partial charge is 0.480 e. The van der Waals surface area contributed by atoms with Crippen molar-refractivity contribution in [2.75, 3.05) is 25.0 Å². The molecule has 9 heteroatoms. The van der Waals surface area contributed by atoms with Gasteiger partial charge >= 0.3 is 6.03 Å². The van der Waals surface area contributed by atoms with E-state index in [9.17, 15) is 13.6 Å². The van der Waals surface area contributed by atoms with Gasteiger partial charge < -0.3 is 19.7 Å². The number of nitrogens with zero attached hydrogens (tertiary/aromatic N) is 3. The van der Waals surface area contributed by atoms with Gasteiger partial charge in [0.1, 0.15) is 24.3 Å². The Balaban J connectivity index is 1.41. The van der Waals surface area contributed by atoms with Crippen LogP contribution in [0.25, 0.3) is 6.08 Å². The molecule has 2 aliphatic rings. The number of halogens is 2. The van der Waals surface area contributed by atoms with E-state index in [1.165, 1.54) is 12.3 Å². The van der Waals surface area contributed by atoms with Crippen LogP contribution in [0, 0.1) is 23.0 Å². The summed E-state index contributed by atoms with van der Waals surface area (Å²) in [7, 11) is 0. The molecule has 2 amide bonds. The van der Waals surface area contributed by atoms with Crippen LogP contribution in [-0.4, -0.2) is 41.7 Å². The van der Waals surface area contributed by atoms with Crippen LogP contribution in [0.5, 0.6) is 11.6 Å². The Bertz CT molecular complexity index is 1060. The number of likely N-dealkylation sites (tertiary alicyclic amines) is 1. The summed E-state index contributed by atoms with van der Waals surface area (Å²) in [6, 6.07) is 5.10. The summed E-state index contributed by atoms with van der Waals surface area (Å²) in [6.45, 7) is 3.05. The van der Waals surface area contributed by atoms with E-state index in [0.29, 0.717) is 49.9 Å². The van der Waals surface area contributed by atoms with Gasteiger partial charge in [0.2, 0.25) is 5.75 Å². The lowest BCUT2D eigenvalue weighted by atomic mass is 10.00. The van der Waals surface area contributed by atoms with E-state index in [1.54, 1.807) is 17.0 Å². The number of ether oxygens (including phenoxy) is 2. The number of piperidine rings is 1. The molecule has 0 radical (unpaired) electrons. The summed E-state index contributed by atoms with van der Waals surface area (Å²) in [4.78, 5) is 18.4. The summed E-state index contributed by atoms with van der Waals surface area (Å²) in [6.07, 6.45) is 3.81. The summed E-state index contributed by atoms with van der Waals surface area (Å²) in [5.41, 5.74) is 1.08. The lowest BCUT2D eigenvalue weighted by Gasteiger charge is -2.30. The maximum Gasteiger partial charge on any atom is 0.321 e. The standard InChI is InChI=1S/C22H20F2N4O3/c1-13-12-30-21-20(31-13)19(2-5-26-21)27-22(29)28-6-3-14(4-7-28)8-16-17(23)9-15(11-25)10-18(16)24/h2,5,8-10,13H,3-4,6-7,12H2,1H3,(H,26,27,29). The van der Waals surface area contributed by atoms with Crippen LogP contribution in [-0.2, 0) is 0 Å². The molecule has 160 valence electrons. The number of urea groups is 1. The third kappa shape index (κ3) is 4.43. The SMILES string of the molecule is CC1COc2nccc(NC(=O)N3CCC(=Cc4c(F)cc(C#N)cc4F)CC3)c2O1. The van der Waals surface area contributed by atoms with Crippen LogP contribution < -0.4 is 14.8 Å². The highest BCUT2D eigenvalue weighted by Crippen LogP contribution is 2.37. The van der Waals surface area contributed by atoms with E-state index in [2.05, 4.69) is 10.3 Å². The number of aromatic nitrogens is 1. The van der Waals surface area contributed by atoms with Crippen LogP contribution in [0.3, 0.4) is 0 Å². The smallest absolute Gasteiger partial charge is 0.321 e. The molecule has 3 heterocycles. The summed E-state index contributed by atoms with van der Waals surface area (Å²) >= 11 is 0. The number of benzene rings is 1. The van der Waals surface area contributed by atoms with Gasteiger partial charge in [-0.3, -0.25) is 0 Å².